The minimum absolute atomic E-state index is 0.0203. The van der Waals surface area contributed by atoms with Gasteiger partial charge in [-0.1, -0.05) is 25.3 Å². The second-order valence-electron chi connectivity index (χ2n) is 4.22. The van der Waals surface area contributed by atoms with Crippen molar-refractivity contribution in [3.63, 3.8) is 0 Å². The molecule has 0 heterocycles. The molecule has 0 aliphatic heterocycles. The minimum Gasteiger partial charge on any atom is -0.299 e. The fourth-order valence-electron chi connectivity index (χ4n) is 2.39. The summed E-state index contributed by atoms with van der Waals surface area (Å²) in [5.41, 5.74) is 0.0203. The van der Waals surface area contributed by atoms with E-state index in [1.807, 2.05) is 6.08 Å². The Morgan fingerprint density at radius 3 is 2.46 bits per heavy atom. The molecular weight excluding hydrogens is 160 g/mol. The molecule has 0 aromatic heterocycles. The van der Waals surface area contributed by atoms with E-state index in [2.05, 4.69) is 6.58 Å². The smallest absolute Gasteiger partial charge is 0.135 e. The SMILES string of the molecule is C=CCCC1(C(C)=O)CCCCC1. The quantitative estimate of drug-likeness (QED) is 0.605. The van der Waals surface area contributed by atoms with Gasteiger partial charge in [-0.3, -0.25) is 4.79 Å². The predicted molar refractivity (Wildman–Crippen MR) is 55.6 cm³/mol. The van der Waals surface area contributed by atoms with Gasteiger partial charge < -0.3 is 0 Å². The number of allylic oxidation sites excluding steroid dienone is 1. The highest BCUT2D eigenvalue weighted by molar-refractivity contribution is 5.82. The molecule has 1 fully saturated rings. The Morgan fingerprint density at radius 2 is 2.00 bits per heavy atom. The second kappa shape index (κ2) is 4.59. The van der Waals surface area contributed by atoms with Gasteiger partial charge in [-0.25, -0.2) is 0 Å². The second-order valence-corrected chi connectivity index (χ2v) is 4.22. The molecule has 0 saturated heterocycles. The van der Waals surface area contributed by atoms with Crippen LogP contribution in [0.5, 0.6) is 0 Å². The first-order valence-electron chi connectivity index (χ1n) is 5.33. The third-order valence-corrected chi connectivity index (χ3v) is 3.38. The van der Waals surface area contributed by atoms with E-state index in [0.717, 1.165) is 25.7 Å². The summed E-state index contributed by atoms with van der Waals surface area (Å²) in [6, 6.07) is 0. The molecule has 1 nitrogen and oxygen atoms in total. The van der Waals surface area contributed by atoms with E-state index in [4.69, 9.17) is 0 Å². The number of hydrogen-bond acceptors (Lipinski definition) is 1. The zero-order valence-corrected chi connectivity index (χ0v) is 8.64. The monoisotopic (exact) mass is 180 g/mol. The van der Waals surface area contributed by atoms with E-state index in [1.165, 1.54) is 19.3 Å². The Kier molecular flexibility index (Phi) is 3.71. The Labute approximate surface area is 81.2 Å². The zero-order chi connectivity index (χ0) is 9.73. The summed E-state index contributed by atoms with van der Waals surface area (Å²) in [6.07, 6.45) is 9.92. The molecule has 0 aromatic rings. The summed E-state index contributed by atoms with van der Waals surface area (Å²) >= 11 is 0. The number of rotatable bonds is 4. The summed E-state index contributed by atoms with van der Waals surface area (Å²) < 4.78 is 0. The molecule has 0 aromatic carbocycles. The Balaban J connectivity index is 2.61. The molecule has 1 aliphatic carbocycles. The Hall–Kier alpha value is -0.590. The van der Waals surface area contributed by atoms with Gasteiger partial charge in [0.2, 0.25) is 0 Å². The van der Waals surface area contributed by atoms with Gasteiger partial charge in [-0.15, -0.1) is 6.58 Å². The first kappa shape index (κ1) is 10.5. The van der Waals surface area contributed by atoms with Gasteiger partial charge in [0.15, 0.2) is 0 Å². The van der Waals surface area contributed by atoms with E-state index >= 15 is 0 Å². The van der Waals surface area contributed by atoms with E-state index in [0.29, 0.717) is 5.78 Å². The summed E-state index contributed by atoms with van der Waals surface area (Å²) in [4.78, 5) is 11.6. The van der Waals surface area contributed by atoms with Crippen molar-refractivity contribution in [2.45, 2.75) is 51.9 Å². The summed E-state index contributed by atoms with van der Waals surface area (Å²) in [5, 5.41) is 0. The first-order chi connectivity index (χ1) is 6.21. The predicted octanol–water partition coefficient (Wildman–Crippen LogP) is 3.49. The third-order valence-electron chi connectivity index (χ3n) is 3.38. The lowest BCUT2D eigenvalue weighted by atomic mass is 9.69. The molecule has 0 atom stereocenters. The van der Waals surface area contributed by atoms with Crippen LogP contribution in [0.1, 0.15) is 51.9 Å². The van der Waals surface area contributed by atoms with Gasteiger partial charge in [0, 0.05) is 5.41 Å². The fourth-order valence-corrected chi connectivity index (χ4v) is 2.39. The van der Waals surface area contributed by atoms with Crippen molar-refractivity contribution in [1.82, 2.24) is 0 Å². The van der Waals surface area contributed by atoms with Gasteiger partial charge in [0.1, 0.15) is 5.78 Å². The molecule has 0 radical (unpaired) electrons. The van der Waals surface area contributed by atoms with E-state index in [-0.39, 0.29) is 5.41 Å². The van der Waals surface area contributed by atoms with E-state index < -0.39 is 0 Å². The normalized spacial score (nSPS) is 21.0. The highest BCUT2D eigenvalue weighted by Crippen LogP contribution is 2.40. The molecule has 0 N–H and O–H groups in total. The van der Waals surface area contributed by atoms with Crippen LogP contribution in [-0.2, 0) is 4.79 Å². The van der Waals surface area contributed by atoms with Crippen LogP contribution in [0, 0.1) is 5.41 Å². The standard InChI is InChI=1S/C12H20O/c1-3-4-8-12(11(2)13)9-6-5-7-10-12/h3H,1,4-10H2,2H3. The number of carbonyl (C=O) groups excluding carboxylic acids is 1. The number of Topliss-reactive ketones (excluding diaryl/α,β-unsaturated/α-hetero) is 1. The van der Waals surface area contributed by atoms with Gasteiger partial charge in [0.05, 0.1) is 0 Å². The summed E-state index contributed by atoms with van der Waals surface area (Å²) in [7, 11) is 0. The Bertz CT molecular complexity index is 187. The van der Waals surface area contributed by atoms with Crippen molar-refractivity contribution in [3.05, 3.63) is 12.7 Å². The van der Waals surface area contributed by atoms with E-state index in [9.17, 15) is 4.79 Å². The molecule has 0 amide bonds. The molecular formula is C12H20O. The molecule has 1 saturated carbocycles. The molecule has 1 heteroatoms. The van der Waals surface area contributed by atoms with Crippen LogP contribution in [0.2, 0.25) is 0 Å². The maximum atomic E-state index is 11.6. The van der Waals surface area contributed by atoms with Crippen LogP contribution < -0.4 is 0 Å². The highest BCUT2D eigenvalue weighted by atomic mass is 16.1. The molecule has 0 spiro atoms. The summed E-state index contributed by atoms with van der Waals surface area (Å²) in [6.45, 7) is 5.48. The van der Waals surface area contributed by atoms with Crippen LogP contribution in [0.4, 0.5) is 0 Å². The maximum Gasteiger partial charge on any atom is 0.135 e. The number of hydrogen-bond donors (Lipinski definition) is 0. The Morgan fingerprint density at radius 1 is 1.38 bits per heavy atom. The fraction of sp³-hybridized carbons (Fsp3) is 0.750. The van der Waals surface area contributed by atoms with Gasteiger partial charge in [-0.2, -0.15) is 0 Å². The van der Waals surface area contributed by atoms with Crippen molar-refractivity contribution >= 4 is 5.78 Å². The lowest BCUT2D eigenvalue weighted by molar-refractivity contribution is -0.128. The molecule has 1 rings (SSSR count). The first-order valence-corrected chi connectivity index (χ1v) is 5.33. The van der Waals surface area contributed by atoms with Crippen LogP contribution in [0.3, 0.4) is 0 Å². The topological polar surface area (TPSA) is 17.1 Å². The van der Waals surface area contributed by atoms with Gasteiger partial charge in [-0.05, 0) is 32.6 Å². The average molecular weight is 180 g/mol. The van der Waals surface area contributed by atoms with E-state index in [1.54, 1.807) is 6.92 Å². The molecule has 0 bridgehead atoms. The van der Waals surface area contributed by atoms with Gasteiger partial charge >= 0.3 is 0 Å². The average Bonchev–Trinajstić information content (AvgIpc) is 2.16. The molecule has 0 unspecified atom stereocenters. The number of ketones is 1. The van der Waals surface area contributed by atoms with Crippen LogP contribution in [-0.4, -0.2) is 5.78 Å². The van der Waals surface area contributed by atoms with Crippen molar-refractivity contribution < 1.29 is 4.79 Å². The van der Waals surface area contributed by atoms with Crippen molar-refractivity contribution in [1.29, 1.82) is 0 Å². The van der Waals surface area contributed by atoms with Gasteiger partial charge in [0.25, 0.3) is 0 Å². The van der Waals surface area contributed by atoms with Crippen molar-refractivity contribution in [3.8, 4) is 0 Å². The van der Waals surface area contributed by atoms with Crippen LogP contribution >= 0.6 is 0 Å². The van der Waals surface area contributed by atoms with Crippen molar-refractivity contribution in [2.75, 3.05) is 0 Å². The highest BCUT2D eigenvalue weighted by Gasteiger charge is 2.35. The minimum atomic E-state index is 0.0203. The third kappa shape index (κ3) is 2.43. The number of carbonyl (C=O) groups is 1. The van der Waals surface area contributed by atoms with Crippen LogP contribution in [0.25, 0.3) is 0 Å². The lowest BCUT2D eigenvalue weighted by Gasteiger charge is -2.34. The maximum absolute atomic E-state index is 11.6. The molecule has 1 aliphatic rings. The molecule has 74 valence electrons. The largest absolute Gasteiger partial charge is 0.299 e. The van der Waals surface area contributed by atoms with Crippen LogP contribution in [0.15, 0.2) is 12.7 Å². The molecule has 13 heavy (non-hydrogen) atoms. The van der Waals surface area contributed by atoms with Crippen molar-refractivity contribution in [2.24, 2.45) is 5.41 Å². The lowest BCUT2D eigenvalue weighted by Crippen LogP contribution is -2.31. The summed E-state index contributed by atoms with van der Waals surface area (Å²) in [5.74, 6) is 0.397. The zero-order valence-electron chi connectivity index (χ0n) is 8.64.